The molecule has 2 aromatic carbocycles. The highest BCUT2D eigenvalue weighted by Crippen LogP contribution is 2.20. The molecule has 5 heteroatoms. The average Bonchev–Trinajstić information content (AvgIpc) is 2.96. The van der Waals surface area contributed by atoms with Crippen LogP contribution in [0.5, 0.6) is 11.5 Å². The van der Waals surface area contributed by atoms with Gasteiger partial charge in [-0.05, 0) is 42.0 Å². The number of methoxy groups -OCH3 is 1. The maximum Gasteiger partial charge on any atom is 0.119 e. The lowest BCUT2D eigenvalue weighted by Gasteiger charge is -2.03. The second kappa shape index (κ2) is 5.66. The summed E-state index contributed by atoms with van der Waals surface area (Å²) in [4.78, 5) is 0. The van der Waals surface area contributed by atoms with Crippen LogP contribution in [0.3, 0.4) is 0 Å². The lowest BCUT2D eigenvalue weighted by atomic mass is 10.1. The molecule has 3 aromatic rings. The van der Waals surface area contributed by atoms with E-state index >= 15 is 0 Å². The van der Waals surface area contributed by atoms with Crippen LogP contribution in [-0.2, 0) is 6.54 Å². The summed E-state index contributed by atoms with van der Waals surface area (Å²) in [5, 5.41) is 17.6. The third-order valence-electron chi connectivity index (χ3n) is 3.18. The summed E-state index contributed by atoms with van der Waals surface area (Å²) in [5.74, 6) is 1.06. The molecule has 0 spiro atoms. The SMILES string of the molecule is COc1cccc(Cn2cc(-c3ccc(O)cc3)nn2)c1. The highest BCUT2D eigenvalue weighted by atomic mass is 16.5. The van der Waals surface area contributed by atoms with E-state index in [0.29, 0.717) is 6.54 Å². The molecule has 3 rings (SSSR count). The Balaban J connectivity index is 1.80. The Bertz CT molecular complexity index is 735. The van der Waals surface area contributed by atoms with Crippen molar-refractivity contribution in [2.75, 3.05) is 7.11 Å². The Labute approximate surface area is 122 Å². The van der Waals surface area contributed by atoms with Gasteiger partial charge in [-0.3, -0.25) is 0 Å². The van der Waals surface area contributed by atoms with E-state index in [4.69, 9.17) is 4.74 Å². The first-order chi connectivity index (χ1) is 10.2. The van der Waals surface area contributed by atoms with Gasteiger partial charge in [0.2, 0.25) is 0 Å². The lowest BCUT2D eigenvalue weighted by molar-refractivity contribution is 0.414. The Morgan fingerprint density at radius 2 is 1.95 bits per heavy atom. The summed E-state index contributed by atoms with van der Waals surface area (Å²) in [5.41, 5.74) is 2.79. The van der Waals surface area contributed by atoms with Gasteiger partial charge >= 0.3 is 0 Å². The van der Waals surface area contributed by atoms with Crippen molar-refractivity contribution in [3.63, 3.8) is 0 Å². The van der Waals surface area contributed by atoms with Crippen molar-refractivity contribution in [1.82, 2.24) is 15.0 Å². The highest BCUT2D eigenvalue weighted by Gasteiger charge is 2.05. The quantitative estimate of drug-likeness (QED) is 0.798. The van der Waals surface area contributed by atoms with E-state index in [1.807, 2.05) is 42.6 Å². The molecule has 0 aliphatic heterocycles. The molecule has 106 valence electrons. The van der Waals surface area contributed by atoms with E-state index in [9.17, 15) is 5.11 Å². The van der Waals surface area contributed by atoms with Crippen molar-refractivity contribution < 1.29 is 9.84 Å². The van der Waals surface area contributed by atoms with Crippen molar-refractivity contribution in [3.05, 3.63) is 60.3 Å². The van der Waals surface area contributed by atoms with E-state index in [1.165, 1.54) is 0 Å². The number of phenolic OH excluding ortho intramolecular Hbond substituents is 1. The van der Waals surface area contributed by atoms with Gasteiger partial charge in [0.15, 0.2) is 0 Å². The standard InChI is InChI=1S/C16H15N3O2/c1-21-15-4-2-3-12(9-15)10-19-11-16(17-18-19)13-5-7-14(20)8-6-13/h2-9,11,20H,10H2,1H3. The minimum absolute atomic E-state index is 0.238. The molecular weight excluding hydrogens is 266 g/mol. The number of phenols is 1. The monoisotopic (exact) mass is 281 g/mol. The van der Waals surface area contributed by atoms with Crippen molar-refractivity contribution in [2.24, 2.45) is 0 Å². The normalized spacial score (nSPS) is 10.5. The zero-order chi connectivity index (χ0) is 14.7. The van der Waals surface area contributed by atoms with Crippen LogP contribution in [0.4, 0.5) is 0 Å². The van der Waals surface area contributed by atoms with Gasteiger partial charge < -0.3 is 9.84 Å². The van der Waals surface area contributed by atoms with Crippen LogP contribution in [0.15, 0.2) is 54.7 Å². The Kier molecular flexibility index (Phi) is 3.55. The maximum atomic E-state index is 9.30. The highest BCUT2D eigenvalue weighted by molar-refractivity contribution is 5.58. The number of hydrogen-bond donors (Lipinski definition) is 1. The molecule has 0 unspecified atom stereocenters. The zero-order valence-electron chi connectivity index (χ0n) is 11.6. The molecule has 1 N–H and O–H groups in total. The van der Waals surface area contributed by atoms with Gasteiger partial charge in [-0.2, -0.15) is 0 Å². The van der Waals surface area contributed by atoms with E-state index in [2.05, 4.69) is 10.3 Å². The Hall–Kier alpha value is -2.82. The average molecular weight is 281 g/mol. The molecule has 0 atom stereocenters. The summed E-state index contributed by atoms with van der Waals surface area (Å²) >= 11 is 0. The van der Waals surface area contributed by atoms with Crippen LogP contribution in [-0.4, -0.2) is 27.2 Å². The summed E-state index contributed by atoms with van der Waals surface area (Å²) in [6.45, 7) is 0.627. The van der Waals surface area contributed by atoms with E-state index < -0.39 is 0 Å². The number of ether oxygens (including phenoxy) is 1. The van der Waals surface area contributed by atoms with Crippen molar-refractivity contribution >= 4 is 0 Å². The molecule has 0 saturated carbocycles. The fourth-order valence-corrected chi connectivity index (χ4v) is 2.10. The van der Waals surface area contributed by atoms with Crippen molar-refractivity contribution in [3.8, 4) is 22.8 Å². The minimum atomic E-state index is 0.238. The molecular formula is C16H15N3O2. The van der Waals surface area contributed by atoms with Gasteiger partial charge in [-0.1, -0.05) is 17.3 Å². The first-order valence-corrected chi connectivity index (χ1v) is 6.57. The van der Waals surface area contributed by atoms with E-state index in [1.54, 1.807) is 23.9 Å². The number of nitrogens with zero attached hydrogens (tertiary/aromatic N) is 3. The molecule has 0 saturated heterocycles. The third-order valence-corrected chi connectivity index (χ3v) is 3.18. The summed E-state index contributed by atoms with van der Waals surface area (Å²) in [7, 11) is 1.65. The largest absolute Gasteiger partial charge is 0.508 e. The summed E-state index contributed by atoms with van der Waals surface area (Å²) in [6.07, 6.45) is 1.88. The number of aromatic nitrogens is 3. The molecule has 1 heterocycles. The second-order valence-electron chi connectivity index (χ2n) is 4.70. The van der Waals surface area contributed by atoms with Gasteiger partial charge in [0.1, 0.15) is 17.2 Å². The topological polar surface area (TPSA) is 60.2 Å². The van der Waals surface area contributed by atoms with Gasteiger partial charge in [0, 0.05) is 5.56 Å². The first-order valence-electron chi connectivity index (χ1n) is 6.57. The predicted octanol–water partition coefficient (Wildman–Crippen LogP) is 2.71. The maximum absolute atomic E-state index is 9.30. The Morgan fingerprint density at radius 1 is 1.14 bits per heavy atom. The number of aromatic hydroxyl groups is 1. The van der Waals surface area contributed by atoms with Gasteiger partial charge in [0.05, 0.1) is 19.9 Å². The molecule has 21 heavy (non-hydrogen) atoms. The smallest absolute Gasteiger partial charge is 0.119 e. The molecule has 0 fully saturated rings. The number of benzene rings is 2. The van der Waals surface area contributed by atoms with E-state index in [-0.39, 0.29) is 5.75 Å². The Morgan fingerprint density at radius 3 is 2.71 bits per heavy atom. The minimum Gasteiger partial charge on any atom is -0.508 e. The van der Waals surface area contributed by atoms with Crippen molar-refractivity contribution in [2.45, 2.75) is 6.54 Å². The van der Waals surface area contributed by atoms with Gasteiger partial charge in [0.25, 0.3) is 0 Å². The van der Waals surface area contributed by atoms with Gasteiger partial charge in [-0.15, -0.1) is 5.10 Å². The van der Waals surface area contributed by atoms with Crippen LogP contribution in [0, 0.1) is 0 Å². The van der Waals surface area contributed by atoms with Crippen LogP contribution in [0.1, 0.15) is 5.56 Å². The zero-order valence-corrected chi connectivity index (χ0v) is 11.6. The number of hydrogen-bond acceptors (Lipinski definition) is 4. The van der Waals surface area contributed by atoms with Crippen LogP contribution in [0.2, 0.25) is 0 Å². The van der Waals surface area contributed by atoms with Crippen LogP contribution >= 0.6 is 0 Å². The predicted molar refractivity (Wildman–Crippen MR) is 79.2 cm³/mol. The summed E-state index contributed by atoms with van der Waals surface area (Å²) in [6, 6.07) is 14.8. The molecule has 5 nitrogen and oxygen atoms in total. The second-order valence-corrected chi connectivity index (χ2v) is 4.70. The van der Waals surface area contributed by atoms with Crippen LogP contribution < -0.4 is 4.74 Å². The third kappa shape index (κ3) is 3.02. The van der Waals surface area contributed by atoms with Gasteiger partial charge in [-0.25, -0.2) is 4.68 Å². The van der Waals surface area contributed by atoms with Crippen LogP contribution in [0.25, 0.3) is 11.3 Å². The molecule has 0 radical (unpaired) electrons. The molecule has 0 bridgehead atoms. The summed E-state index contributed by atoms with van der Waals surface area (Å²) < 4.78 is 6.98. The molecule has 0 aliphatic carbocycles. The molecule has 0 aliphatic rings. The fourth-order valence-electron chi connectivity index (χ4n) is 2.10. The van der Waals surface area contributed by atoms with E-state index in [0.717, 1.165) is 22.6 Å². The fraction of sp³-hybridized carbons (Fsp3) is 0.125. The number of rotatable bonds is 4. The first kappa shape index (κ1) is 13.2. The molecule has 0 amide bonds. The molecule has 1 aromatic heterocycles. The van der Waals surface area contributed by atoms with Crippen molar-refractivity contribution in [1.29, 1.82) is 0 Å². The lowest BCUT2D eigenvalue weighted by Crippen LogP contribution is -2.00.